The number of ether oxygens (including phenoxy) is 4. The van der Waals surface area contributed by atoms with Crippen molar-refractivity contribution in [2.24, 2.45) is 0 Å². The predicted molar refractivity (Wildman–Crippen MR) is 179 cm³/mol. The van der Waals surface area contributed by atoms with Gasteiger partial charge in [0, 0.05) is 23.8 Å². The van der Waals surface area contributed by atoms with E-state index in [-0.39, 0.29) is 28.4 Å². The van der Waals surface area contributed by atoms with Gasteiger partial charge < -0.3 is 74.4 Å². The van der Waals surface area contributed by atoms with E-state index in [0.29, 0.717) is 5.56 Å². The third-order valence-corrected chi connectivity index (χ3v) is 8.93. The smallest absolute Gasteiger partial charge is 0.331 e. The Bertz CT molecular complexity index is 2010. The molecule has 0 amide bonds. The van der Waals surface area contributed by atoms with Gasteiger partial charge in [-0.3, -0.25) is 4.79 Å². The Morgan fingerprint density at radius 1 is 0.755 bits per heavy atom. The highest BCUT2D eigenvalue weighted by Gasteiger charge is 2.50. The monoisotopic (exact) mass is 740 g/mol. The van der Waals surface area contributed by atoms with Gasteiger partial charge in [0.2, 0.25) is 6.29 Å². The molecule has 1 aromatic heterocycles. The molecule has 2 fully saturated rings. The molecule has 3 aromatic carbocycles. The molecule has 10 N–H and O–H groups in total. The largest absolute Gasteiger partial charge is 0.508 e. The Morgan fingerprint density at radius 2 is 1.36 bits per heavy atom. The molecule has 10 atom stereocenters. The maximum absolute atomic E-state index is 13.6. The van der Waals surface area contributed by atoms with E-state index >= 15 is 0 Å². The van der Waals surface area contributed by atoms with Gasteiger partial charge in [-0.2, -0.15) is 0 Å². The highest BCUT2D eigenvalue weighted by atomic mass is 16.7. The minimum absolute atomic E-state index is 0.0226. The summed E-state index contributed by atoms with van der Waals surface area (Å²) in [5.74, 6) is -2.57. The molecule has 6 rings (SSSR count). The van der Waals surface area contributed by atoms with E-state index in [9.17, 15) is 60.7 Å². The first kappa shape index (κ1) is 37.7. The van der Waals surface area contributed by atoms with Crippen molar-refractivity contribution in [3.8, 4) is 34.3 Å². The molecule has 4 aromatic rings. The number of phenolic OH excluding ortho intramolecular Hbond substituents is 3. The average molecular weight is 741 g/mol. The van der Waals surface area contributed by atoms with Crippen LogP contribution in [0.4, 0.5) is 0 Å². The molecule has 3 heterocycles. The van der Waals surface area contributed by atoms with Gasteiger partial charge in [-0.05, 0) is 48.0 Å². The molecule has 2 aliphatic heterocycles. The summed E-state index contributed by atoms with van der Waals surface area (Å²) >= 11 is 0. The van der Waals surface area contributed by atoms with Crippen LogP contribution in [-0.2, 0) is 19.0 Å². The first-order valence-corrected chi connectivity index (χ1v) is 16.2. The number of fused-ring (bicyclic) bond motifs is 1. The maximum atomic E-state index is 13.6. The SMILES string of the molecule is O=C(/C=C/c1ccc(O)cc1)OC1[C@@H](O)[C@H](O)C(CO)O[C@H]1c1c(O[C@@H]2OC(CO)[C@@H](O)[C@H](O)C2O)cc(O)c2c(=O)cc(-c3ccc(O)cc3)oc12. The third-order valence-electron chi connectivity index (χ3n) is 8.93. The van der Waals surface area contributed by atoms with Gasteiger partial charge >= 0.3 is 5.97 Å². The molecule has 53 heavy (non-hydrogen) atoms. The van der Waals surface area contributed by atoms with E-state index in [0.717, 1.165) is 18.2 Å². The number of aliphatic hydroxyl groups is 7. The number of aliphatic hydroxyl groups excluding tert-OH is 7. The normalized spacial score (nSPS) is 29.0. The Kier molecular flexibility index (Phi) is 11.0. The van der Waals surface area contributed by atoms with E-state index in [1.165, 1.54) is 54.6 Å². The second-order valence-corrected chi connectivity index (χ2v) is 12.4. The fraction of sp³-hybridized carbons (Fsp3) is 0.333. The van der Waals surface area contributed by atoms with Crippen molar-refractivity contribution in [2.75, 3.05) is 13.2 Å². The van der Waals surface area contributed by atoms with E-state index < -0.39 is 108 Å². The summed E-state index contributed by atoms with van der Waals surface area (Å²) in [5.41, 5.74) is -0.931. The zero-order chi connectivity index (χ0) is 38.1. The molecule has 2 aliphatic rings. The zero-order valence-corrected chi connectivity index (χ0v) is 27.4. The number of benzene rings is 3. The topological polar surface area (TPSA) is 286 Å². The molecule has 0 radical (unpaired) electrons. The lowest BCUT2D eigenvalue weighted by atomic mass is 9.89. The second kappa shape index (κ2) is 15.5. The van der Waals surface area contributed by atoms with Gasteiger partial charge in [0.25, 0.3) is 0 Å². The molecule has 4 unspecified atom stereocenters. The summed E-state index contributed by atoms with van der Waals surface area (Å²) in [6, 6.07) is 13.1. The van der Waals surface area contributed by atoms with E-state index in [1.807, 2.05) is 0 Å². The number of carbonyl (C=O) groups excluding carboxylic acids is 1. The van der Waals surface area contributed by atoms with Gasteiger partial charge in [-0.15, -0.1) is 0 Å². The summed E-state index contributed by atoms with van der Waals surface area (Å²) < 4.78 is 29.2. The van der Waals surface area contributed by atoms with Crippen molar-refractivity contribution in [1.82, 2.24) is 0 Å². The summed E-state index contributed by atoms with van der Waals surface area (Å²) in [6.07, 6.45) is -15.7. The predicted octanol–water partition coefficient (Wildman–Crippen LogP) is -0.465. The number of hydrogen-bond acceptors (Lipinski definition) is 17. The van der Waals surface area contributed by atoms with E-state index in [2.05, 4.69) is 0 Å². The van der Waals surface area contributed by atoms with Crippen LogP contribution in [0.15, 0.2) is 76.0 Å². The van der Waals surface area contributed by atoms with Gasteiger partial charge in [-0.25, -0.2) is 4.79 Å². The van der Waals surface area contributed by atoms with Crippen LogP contribution in [0.1, 0.15) is 17.2 Å². The molecule has 0 aliphatic carbocycles. The Balaban J connectivity index is 1.53. The maximum Gasteiger partial charge on any atom is 0.331 e. The summed E-state index contributed by atoms with van der Waals surface area (Å²) in [4.78, 5) is 26.8. The number of phenols is 3. The molecular weight excluding hydrogens is 704 g/mol. The second-order valence-electron chi connectivity index (χ2n) is 12.4. The molecule has 0 saturated carbocycles. The lowest BCUT2D eigenvalue weighted by Crippen LogP contribution is -2.60. The van der Waals surface area contributed by atoms with E-state index in [4.69, 9.17) is 23.4 Å². The van der Waals surface area contributed by atoms with Crippen LogP contribution in [0.3, 0.4) is 0 Å². The van der Waals surface area contributed by atoms with Crippen LogP contribution in [0, 0.1) is 0 Å². The van der Waals surface area contributed by atoms with Crippen LogP contribution >= 0.6 is 0 Å². The number of rotatable bonds is 9. The summed E-state index contributed by atoms with van der Waals surface area (Å²) in [5, 5.41) is 104. The first-order valence-electron chi connectivity index (χ1n) is 16.2. The van der Waals surface area contributed by atoms with Crippen LogP contribution in [0.5, 0.6) is 23.0 Å². The quantitative estimate of drug-likeness (QED) is 0.0767. The van der Waals surface area contributed by atoms with Crippen molar-refractivity contribution < 1.29 is 79.2 Å². The Hall–Kier alpha value is -5.08. The van der Waals surface area contributed by atoms with Crippen molar-refractivity contribution in [3.63, 3.8) is 0 Å². The standard InChI is InChI=1S/C36H36O17/c37-13-23-29(45)31(47)35(53-25(43)10-3-15-1-6-17(39)7-2-15)34(50-23)27-22(51-36-32(48)30(46)28(44)24(14-38)52-36)12-20(42)26-19(41)11-21(49-33(26)27)16-4-8-18(40)9-5-16/h1-12,23-24,28-32,34-40,42,44-48H,13-14H2/b10-3+/t23?,24?,28-,29-,30+,31+,32?,34+,35?,36-/m1/s1. The van der Waals surface area contributed by atoms with Crippen molar-refractivity contribution in [3.05, 3.63) is 88.1 Å². The van der Waals surface area contributed by atoms with Crippen LogP contribution in [0.2, 0.25) is 0 Å². The van der Waals surface area contributed by atoms with Crippen LogP contribution < -0.4 is 10.2 Å². The average Bonchev–Trinajstić information content (AvgIpc) is 3.14. The van der Waals surface area contributed by atoms with Crippen molar-refractivity contribution >= 4 is 23.0 Å². The number of esters is 1. The Morgan fingerprint density at radius 3 is 2.00 bits per heavy atom. The molecule has 0 bridgehead atoms. The fourth-order valence-corrected chi connectivity index (χ4v) is 6.11. The summed E-state index contributed by atoms with van der Waals surface area (Å²) in [7, 11) is 0. The zero-order valence-electron chi connectivity index (χ0n) is 27.4. The minimum atomic E-state index is -1.98. The van der Waals surface area contributed by atoms with Crippen molar-refractivity contribution in [2.45, 2.75) is 61.2 Å². The molecule has 0 spiro atoms. The number of carbonyl (C=O) groups is 1. The van der Waals surface area contributed by atoms with Gasteiger partial charge in [0.15, 0.2) is 17.1 Å². The molecule has 17 nitrogen and oxygen atoms in total. The molecule has 2 saturated heterocycles. The van der Waals surface area contributed by atoms with Crippen molar-refractivity contribution in [1.29, 1.82) is 0 Å². The van der Waals surface area contributed by atoms with Gasteiger partial charge in [0.05, 0.1) is 18.8 Å². The molecular formula is C36H36O17. The summed E-state index contributed by atoms with van der Waals surface area (Å²) in [6.45, 7) is -1.70. The van der Waals surface area contributed by atoms with Gasteiger partial charge in [-0.1, -0.05) is 12.1 Å². The lowest BCUT2D eigenvalue weighted by molar-refractivity contribution is -0.278. The third kappa shape index (κ3) is 7.56. The highest BCUT2D eigenvalue weighted by molar-refractivity contribution is 5.90. The Labute approximate surface area is 299 Å². The van der Waals surface area contributed by atoms with Crippen LogP contribution in [0.25, 0.3) is 28.4 Å². The number of hydrogen-bond donors (Lipinski definition) is 10. The first-order chi connectivity index (χ1) is 25.3. The molecule has 17 heteroatoms. The fourth-order valence-electron chi connectivity index (χ4n) is 6.11. The number of aromatic hydroxyl groups is 3. The highest BCUT2D eigenvalue weighted by Crippen LogP contribution is 2.46. The van der Waals surface area contributed by atoms with Gasteiger partial charge in [0.1, 0.15) is 83.0 Å². The van der Waals surface area contributed by atoms with E-state index in [1.54, 1.807) is 0 Å². The molecule has 282 valence electrons. The minimum Gasteiger partial charge on any atom is -0.508 e. The van der Waals surface area contributed by atoms with Crippen LogP contribution in [-0.4, -0.2) is 125 Å². The lowest BCUT2D eigenvalue weighted by Gasteiger charge is -2.43.